The number of nitrogens with zero attached hydrogens (tertiary/aromatic N) is 1. The van der Waals surface area contributed by atoms with Crippen LogP contribution in [0, 0.1) is 17.2 Å². The normalized spacial score (nSPS) is 25.3. The van der Waals surface area contributed by atoms with Crippen LogP contribution >= 0.6 is 11.3 Å². The SMILES string of the molecule is CC1CCC(NCc2ccc(C#N)s2)C1. The van der Waals surface area contributed by atoms with Gasteiger partial charge in [-0.05, 0) is 37.3 Å². The van der Waals surface area contributed by atoms with Crippen molar-refractivity contribution < 1.29 is 0 Å². The minimum atomic E-state index is 0.688. The van der Waals surface area contributed by atoms with Gasteiger partial charge in [0.2, 0.25) is 0 Å². The van der Waals surface area contributed by atoms with E-state index >= 15 is 0 Å². The van der Waals surface area contributed by atoms with Crippen molar-refractivity contribution in [2.75, 3.05) is 0 Å². The molecule has 1 N–H and O–H groups in total. The Hall–Kier alpha value is -0.850. The van der Waals surface area contributed by atoms with E-state index in [-0.39, 0.29) is 0 Å². The van der Waals surface area contributed by atoms with E-state index in [1.807, 2.05) is 6.07 Å². The van der Waals surface area contributed by atoms with Gasteiger partial charge in [-0.25, -0.2) is 0 Å². The molecule has 1 fully saturated rings. The van der Waals surface area contributed by atoms with Crippen molar-refractivity contribution in [1.82, 2.24) is 5.32 Å². The fourth-order valence-electron chi connectivity index (χ4n) is 2.17. The Bertz CT molecular complexity index is 364. The molecule has 0 spiro atoms. The van der Waals surface area contributed by atoms with Gasteiger partial charge in [0.15, 0.2) is 0 Å². The summed E-state index contributed by atoms with van der Waals surface area (Å²) in [6.45, 7) is 3.24. The van der Waals surface area contributed by atoms with Crippen LogP contribution in [0.4, 0.5) is 0 Å². The predicted molar refractivity (Wildman–Crippen MR) is 62.7 cm³/mol. The second-order valence-electron chi connectivity index (χ2n) is 4.37. The smallest absolute Gasteiger partial charge is 0.110 e. The zero-order valence-corrected chi connectivity index (χ0v) is 9.81. The first-order valence-electron chi connectivity index (χ1n) is 5.50. The van der Waals surface area contributed by atoms with Crippen LogP contribution in [0.2, 0.25) is 0 Å². The molecule has 1 heterocycles. The van der Waals surface area contributed by atoms with Crippen molar-refractivity contribution in [1.29, 1.82) is 5.26 Å². The van der Waals surface area contributed by atoms with Gasteiger partial charge < -0.3 is 5.32 Å². The summed E-state index contributed by atoms with van der Waals surface area (Å²) in [7, 11) is 0. The van der Waals surface area contributed by atoms with Gasteiger partial charge in [-0.1, -0.05) is 6.92 Å². The van der Waals surface area contributed by atoms with E-state index in [2.05, 4.69) is 24.4 Å². The van der Waals surface area contributed by atoms with Crippen LogP contribution in [-0.4, -0.2) is 6.04 Å². The van der Waals surface area contributed by atoms with Crippen molar-refractivity contribution in [2.45, 2.75) is 38.8 Å². The molecule has 1 saturated carbocycles. The van der Waals surface area contributed by atoms with Gasteiger partial charge in [-0.3, -0.25) is 0 Å². The summed E-state index contributed by atoms with van der Waals surface area (Å²) in [6, 6.07) is 6.81. The molecule has 0 bridgehead atoms. The summed E-state index contributed by atoms with van der Waals surface area (Å²) in [4.78, 5) is 2.08. The molecule has 0 radical (unpaired) electrons. The van der Waals surface area contributed by atoms with Crippen LogP contribution < -0.4 is 5.32 Å². The van der Waals surface area contributed by atoms with Crippen molar-refractivity contribution in [2.24, 2.45) is 5.92 Å². The van der Waals surface area contributed by atoms with Gasteiger partial charge in [0.1, 0.15) is 10.9 Å². The quantitative estimate of drug-likeness (QED) is 0.850. The van der Waals surface area contributed by atoms with Gasteiger partial charge in [-0.2, -0.15) is 5.26 Å². The fourth-order valence-corrected chi connectivity index (χ4v) is 2.93. The van der Waals surface area contributed by atoms with E-state index in [4.69, 9.17) is 5.26 Å². The highest BCUT2D eigenvalue weighted by atomic mass is 32.1. The number of rotatable bonds is 3. The van der Waals surface area contributed by atoms with Gasteiger partial charge in [0.25, 0.3) is 0 Å². The van der Waals surface area contributed by atoms with Crippen LogP contribution in [-0.2, 0) is 6.54 Å². The van der Waals surface area contributed by atoms with Crippen molar-refractivity contribution >= 4 is 11.3 Å². The monoisotopic (exact) mass is 220 g/mol. The number of hydrogen-bond acceptors (Lipinski definition) is 3. The Morgan fingerprint density at radius 1 is 1.53 bits per heavy atom. The van der Waals surface area contributed by atoms with E-state index in [9.17, 15) is 0 Å². The Balaban J connectivity index is 1.81. The van der Waals surface area contributed by atoms with Gasteiger partial charge >= 0.3 is 0 Å². The van der Waals surface area contributed by atoms with Crippen LogP contribution in [0.15, 0.2) is 12.1 Å². The summed E-state index contributed by atoms with van der Waals surface area (Å²) in [5.74, 6) is 0.875. The van der Waals surface area contributed by atoms with E-state index in [0.29, 0.717) is 6.04 Å². The second-order valence-corrected chi connectivity index (χ2v) is 5.54. The molecule has 1 aliphatic rings. The maximum Gasteiger partial charge on any atom is 0.110 e. The lowest BCUT2D eigenvalue weighted by Crippen LogP contribution is -2.25. The minimum Gasteiger partial charge on any atom is -0.309 e. The molecule has 2 nitrogen and oxygen atoms in total. The Labute approximate surface area is 94.9 Å². The highest BCUT2D eigenvalue weighted by Gasteiger charge is 2.20. The van der Waals surface area contributed by atoms with Gasteiger partial charge in [0.05, 0.1) is 0 Å². The van der Waals surface area contributed by atoms with E-state index in [1.54, 1.807) is 11.3 Å². The predicted octanol–water partition coefficient (Wildman–Crippen LogP) is 2.90. The Morgan fingerprint density at radius 2 is 2.40 bits per heavy atom. The first-order chi connectivity index (χ1) is 7.28. The average molecular weight is 220 g/mol. The number of hydrogen-bond donors (Lipinski definition) is 1. The minimum absolute atomic E-state index is 0.688. The van der Waals surface area contributed by atoms with E-state index in [1.165, 1.54) is 24.1 Å². The molecule has 0 saturated heterocycles. The maximum absolute atomic E-state index is 8.71. The molecule has 1 aromatic rings. The Kier molecular flexibility index (Phi) is 3.40. The third-order valence-electron chi connectivity index (χ3n) is 3.03. The first kappa shape index (κ1) is 10.7. The first-order valence-corrected chi connectivity index (χ1v) is 6.32. The largest absolute Gasteiger partial charge is 0.309 e. The summed E-state index contributed by atoms with van der Waals surface area (Å²) in [5.41, 5.74) is 0. The third kappa shape index (κ3) is 2.80. The average Bonchev–Trinajstić information content (AvgIpc) is 2.83. The molecule has 1 aromatic heterocycles. The summed E-state index contributed by atoms with van der Waals surface area (Å²) in [5, 5.41) is 12.3. The number of nitrogens with one attached hydrogen (secondary N) is 1. The van der Waals surface area contributed by atoms with Crippen LogP contribution in [0.25, 0.3) is 0 Å². The molecule has 80 valence electrons. The fraction of sp³-hybridized carbons (Fsp3) is 0.583. The topological polar surface area (TPSA) is 35.8 Å². The molecule has 0 amide bonds. The lowest BCUT2D eigenvalue weighted by atomic mass is 10.1. The van der Waals surface area contributed by atoms with Gasteiger partial charge in [0, 0.05) is 17.5 Å². The lowest BCUT2D eigenvalue weighted by Gasteiger charge is -2.10. The van der Waals surface area contributed by atoms with Crippen LogP contribution in [0.1, 0.15) is 35.9 Å². The number of thiophene rings is 1. The van der Waals surface area contributed by atoms with Gasteiger partial charge in [-0.15, -0.1) is 11.3 Å². The molecule has 1 aliphatic carbocycles. The Morgan fingerprint density at radius 3 is 3.00 bits per heavy atom. The maximum atomic E-state index is 8.71. The lowest BCUT2D eigenvalue weighted by molar-refractivity contribution is 0.504. The van der Waals surface area contributed by atoms with E-state index < -0.39 is 0 Å². The van der Waals surface area contributed by atoms with Crippen LogP contribution in [0.3, 0.4) is 0 Å². The summed E-state index contributed by atoms with van der Waals surface area (Å²) < 4.78 is 0. The standard InChI is InChI=1S/C12H16N2S/c1-9-2-3-10(6-9)14-8-12-5-4-11(7-13)15-12/h4-5,9-10,14H,2-3,6,8H2,1H3. The molecule has 0 aliphatic heterocycles. The zero-order valence-electron chi connectivity index (χ0n) is 8.99. The molecule has 15 heavy (non-hydrogen) atoms. The summed E-state index contributed by atoms with van der Waals surface area (Å²) >= 11 is 1.59. The molecule has 2 rings (SSSR count). The molecular weight excluding hydrogens is 204 g/mol. The van der Waals surface area contributed by atoms with Crippen molar-refractivity contribution in [3.63, 3.8) is 0 Å². The van der Waals surface area contributed by atoms with Crippen molar-refractivity contribution in [3.05, 3.63) is 21.9 Å². The molecule has 3 heteroatoms. The molecule has 0 aromatic carbocycles. The summed E-state index contributed by atoms with van der Waals surface area (Å²) in [6.07, 6.45) is 3.96. The number of nitriles is 1. The molecular formula is C12H16N2S. The van der Waals surface area contributed by atoms with E-state index in [0.717, 1.165) is 17.3 Å². The molecule has 2 atom stereocenters. The third-order valence-corrected chi connectivity index (χ3v) is 4.02. The second kappa shape index (κ2) is 4.78. The van der Waals surface area contributed by atoms with Crippen LogP contribution in [0.5, 0.6) is 0 Å². The zero-order chi connectivity index (χ0) is 10.7. The highest BCUT2D eigenvalue weighted by Crippen LogP contribution is 2.25. The highest BCUT2D eigenvalue weighted by molar-refractivity contribution is 7.12. The van der Waals surface area contributed by atoms with Crippen molar-refractivity contribution in [3.8, 4) is 6.07 Å². The molecule has 2 unspecified atom stereocenters.